The normalized spacial score (nSPS) is 19.8. The molecule has 0 bridgehead atoms. The first-order valence-electron chi connectivity index (χ1n) is 7.14. The molecule has 1 aliphatic carbocycles. The number of benzene rings is 1. The van der Waals surface area contributed by atoms with Crippen LogP contribution in [0.5, 0.6) is 11.5 Å². The molecule has 0 fully saturated rings. The highest BCUT2D eigenvalue weighted by molar-refractivity contribution is 6.32. The van der Waals surface area contributed by atoms with Crippen molar-refractivity contribution in [3.05, 3.63) is 22.2 Å². The minimum atomic E-state index is 0.0391. The lowest BCUT2D eigenvalue weighted by Crippen LogP contribution is -2.22. The Labute approximate surface area is 126 Å². The number of fused-ring (bicyclic) bond motifs is 1. The van der Waals surface area contributed by atoms with Crippen LogP contribution in [0.1, 0.15) is 50.8 Å². The van der Waals surface area contributed by atoms with E-state index in [1.807, 2.05) is 6.07 Å². The van der Waals surface area contributed by atoms with E-state index in [1.54, 1.807) is 14.2 Å². The van der Waals surface area contributed by atoms with Gasteiger partial charge in [0.25, 0.3) is 0 Å². The van der Waals surface area contributed by atoms with Crippen molar-refractivity contribution in [2.24, 2.45) is 0 Å². The molecule has 0 aromatic heterocycles. The summed E-state index contributed by atoms with van der Waals surface area (Å²) in [6.45, 7) is 7.62. The fraction of sp³-hybridized carbons (Fsp3) is 0.625. The number of methoxy groups -OCH3 is 2. The van der Waals surface area contributed by atoms with Crippen molar-refractivity contribution in [3.63, 3.8) is 0 Å². The number of rotatable bonds is 5. The van der Waals surface area contributed by atoms with E-state index in [1.165, 1.54) is 5.56 Å². The second-order valence-electron chi connectivity index (χ2n) is 5.98. The van der Waals surface area contributed by atoms with Gasteiger partial charge in [-0.25, -0.2) is 0 Å². The molecule has 112 valence electrons. The molecule has 0 radical (unpaired) electrons. The standard InChI is InChI=1S/C16H24ClNO2/c1-6-7-18-11-9-16(2,3)14-10(17)8-12(19-4)15(20-5)13(11)14/h8,11,18H,6-7,9H2,1-5H3. The Kier molecular flexibility index (Phi) is 4.50. The van der Waals surface area contributed by atoms with Crippen molar-refractivity contribution in [1.82, 2.24) is 5.32 Å². The minimum Gasteiger partial charge on any atom is -0.493 e. The smallest absolute Gasteiger partial charge is 0.165 e. The van der Waals surface area contributed by atoms with Crippen LogP contribution in [0.2, 0.25) is 5.02 Å². The van der Waals surface area contributed by atoms with Gasteiger partial charge >= 0.3 is 0 Å². The van der Waals surface area contributed by atoms with Crippen molar-refractivity contribution in [2.75, 3.05) is 20.8 Å². The number of halogens is 1. The molecule has 1 unspecified atom stereocenters. The fourth-order valence-corrected chi connectivity index (χ4v) is 3.67. The van der Waals surface area contributed by atoms with Gasteiger partial charge in [-0.3, -0.25) is 0 Å². The van der Waals surface area contributed by atoms with E-state index in [-0.39, 0.29) is 11.5 Å². The van der Waals surface area contributed by atoms with Crippen LogP contribution in [0.25, 0.3) is 0 Å². The number of nitrogens with one attached hydrogen (secondary N) is 1. The number of hydrogen-bond acceptors (Lipinski definition) is 3. The SMILES string of the molecule is CCCNC1CC(C)(C)c2c(Cl)cc(OC)c(OC)c21. The van der Waals surface area contributed by atoms with Crippen molar-refractivity contribution in [3.8, 4) is 11.5 Å². The molecule has 1 aliphatic rings. The van der Waals surface area contributed by atoms with Gasteiger partial charge in [0.05, 0.1) is 14.2 Å². The van der Waals surface area contributed by atoms with Crippen molar-refractivity contribution < 1.29 is 9.47 Å². The zero-order valence-corrected chi connectivity index (χ0v) is 13.7. The monoisotopic (exact) mass is 297 g/mol. The summed E-state index contributed by atoms with van der Waals surface area (Å²) in [5, 5.41) is 4.37. The predicted octanol–water partition coefficient (Wildman–Crippen LogP) is 4.08. The molecule has 1 atom stereocenters. The summed E-state index contributed by atoms with van der Waals surface area (Å²) < 4.78 is 11.0. The van der Waals surface area contributed by atoms with Gasteiger partial charge < -0.3 is 14.8 Å². The molecule has 1 aromatic rings. The van der Waals surface area contributed by atoms with E-state index in [4.69, 9.17) is 21.1 Å². The van der Waals surface area contributed by atoms with Crippen molar-refractivity contribution >= 4 is 11.6 Å². The fourth-order valence-electron chi connectivity index (χ4n) is 3.22. The second kappa shape index (κ2) is 5.82. The molecule has 4 heteroatoms. The van der Waals surface area contributed by atoms with Gasteiger partial charge in [-0.15, -0.1) is 0 Å². The van der Waals surface area contributed by atoms with E-state index in [9.17, 15) is 0 Å². The summed E-state index contributed by atoms with van der Waals surface area (Å²) in [5.74, 6) is 1.52. The van der Waals surface area contributed by atoms with Crippen LogP contribution in [0.4, 0.5) is 0 Å². The van der Waals surface area contributed by atoms with Crippen molar-refractivity contribution in [2.45, 2.75) is 45.1 Å². The third kappa shape index (κ3) is 2.49. The van der Waals surface area contributed by atoms with E-state index < -0.39 is 0 Å². The largest absolute Gasteiger partial charge is 0.493 e. The van der Waals surface area contributed by atoms with Gasteiger partial charge in [0.1, 0.15) is 0 Å². The Bertz CT molecular complexity index is 500. The van der Waals surface area contributed by atoms with Crippen LogP contribution in [0, 0.1) is 0 Å². The summed E-state index contributed by atoms with van der Waals surface area (Å²) in [6.07, 6.45) is 2.12. The summed E-state index contributed by atoms with van der Waals surface area (Å²) in [7, 11) is 3.34. The summed E-state index contributed by atoms with van der Waals surface area (Å²) in [5.41, 5.74) is 2.39. The molecule has 1 aromatic carbocycles. The Hall–Kier alpha value is -0.930. The van der Waals surface area contributed by atoms with Crippen LogP contribution in [-0.4, -0.2) is 20.8 Å². The summed E-state index contributed by atoms with van der Waals surface area (Å²) in [6, 6.07) is 2.13. The first-order valence-corrected chi connectivity index (χ1v) is 7.52. The Morgan fingerprint density at radius 3 is 2.60 bits per heavy atom. The molecule has 2 rings (SSSR count). The zero-order valence-electron chi connectivity index (χ0n) is 13.0. The highest BCUT2D eigenvalue weighted by Gasteiger charge is 2.41. The molecule has 0 saturated heterocycles. The lowest BCUT2D eigenvalue weighted by molar-refractivity contribution is 0.347. The van der Waals surface area contributed by atoms with Gasteiger partial charge in [-0.2, -0.15) is 0 Å². The molecule has 0 heterocycles. The third-order valence-corrected chi connectivity index (χ3v) is 4.34. The van der Waals surface area contributed by atoms with Gasteiger partial charge in [0.2, 0.25) is 0 Å². The molecule has 1 N–H and O–H groups in total. The molecule has 0 amide bonds. The van der Waals surface area contributed by atoms with Crippen molar-refractivity contribution in [1.29, 1.82) is 0 Å². The maximum Gasteiger partial charge on any atom is 0.165 e. The van der Waals surface area contributed by atoms with E-state index >= 15 is 0 Å². The van der Waals surface area contributed by atoms with Crippen LogP contribution in [-0.2, 0) is 5.41 Å². The highest BCUT2D eigenvalue weighted by Crippen LogP contribution is 2.54. The minimum absolute atomic E-state index is 0.0391. The van der Waals surface area contributed by atoms with Crippen LogP contribution < -0.4 is 14.8 Å². The maximum atomic E-state index is 6.50. The van der Waals surface area contributed by atoms with Gasteiger partial charge in [0, 0.05) is 22.7 Å². The maximum absolute atomic E-state index is 6.50. The predicted molar refractivity (Wildman–Crippen MR) is 83.2 cm³/mol. The van der Waals surface area contributed by atoms with E-state index in [0.717, 1.165) is 35.7 Å². The Balaban J connectivity index is 2.59. The van der Waals surface area contributed by atoms with Gasteiger partial charge in [-0.1, -0.05) is 32.4 Å². The second-order valence-corrected chi connectivity index (χ2v) is 6.38. The van der Waals surface area contributed by atoms with Crippen LogP contribution >= 0.6 is 11.6 Å². The van der Waals surface area contributed by atoms with E-state index in [2.05, 4.69) is 26.1 Å². The molecular weight excluding hydrogens is 274 g/mol. The zero-order chi connectivity index (χ0) is 14.9. The quantitative estimate of drug-likeness (QED) is 0.888. The first kappa shape index (κ1) is 15.5. The molecule has 20 heavy (non-hydrogen) atoms. The number of ether oxygens (including phenoxy) is 2. The number of hydrogen-bond donors (Lipinski definition) is 1. The van der Waals surface area contributed by atoms with Crippen LogP contribution in [0.3, 0.4) is 0 Å². The highest BCUT2D eigenvalue weighted by atomic mass is 35.5. The molecule has 0 spiro atoms. The average molecular weight is 298 g/mol. The molecule has 0 saturated carbocycles. The first-order chi connectivity index (χ1) is 9.46. The third-order valence-electron chi connectivity index (χ3n) is 4.04. The van der Waals surface area contributed by atoms with Crippen LogP contribution in [0.15, 0.2) is 6.07 Å². The molecular formula is C16H24ClNO2. The van der Waals surface area contributed by atoms with Gasteiger partial charge in [-0.05, 0) is 30.4 Å². The lowest BCUT2D eigenvalue weighted by atomic mass is 9.86. The molecule has 0 aliphatic heterocycles. The summed E-state index contributed by atoms with van der Waals surface area (Å²) in [4.78, 5) is 0. The average Bonchev–Trinajstić information content (AvgIpc) is 2.68. The van der Waals surface area contributed by atoms with E-state index in [0.29, 0.717) is 5.75 Å². The van der Waals surface area contributed by atoms with Gasteiger partial charge in [0.15, 0.2) is 11.5 Å². The molecule has 3 nitrogen and oxygen atoms in total. The lowest BCUT2D eigenvalue weighted by Gasteiger charge is -2.21. The Morgan fingerprint density at radius 1 is 1.35 bits per heavy atom. The summed E-state index contributed by atoms with van der Waals surface area (Å²) >= 11 is 6.50. The Morgan fingerprint density at radius 2 is 2.05 bits per heavy atom. The topological polar surface area (TPSA) is 30.5 Å².